The van der Waals surface area contributed by atoms with Crippen molar-refractivity contribution in [2.24, 2.45) is 5.92 Å². The van der Waals surface area contributed by atoms with Gasteiger partial charge in [0.1, 0.15) is 5.75 Å². The van der Waals surface area contributed by atoms with Crippen molar-refractivity contribution in [1.82, 2.24) is 10.0 Å². The standard InChI is InChI=1S/C14H22N2O3S/c1-19-14-6-2-4-12(8-14)11-20(17,18)16-10-13-5-3-7-15-9-13/h2,4,6,8,13,15-16H,3,5,7,9-11H2,1H3. The van der Waals surface area contributed by atoms with Crippen molar-refractivity contribution in [3.63, 3.8) is 0 Å². The van der Waals surface area contributed by atoms with Crippen molar-refractivity contribution in [2.75, 3.05) is 26.7 Å². The summed E-state index contributed by atoms with van der Waals surface area (Å²) in [6.07, 6.45) is 2.19. The van der Waals surface area contributed by atoms with Gasteiger partial charge in [-0.15, -0.1) is 0 Å². The fourth-order valence-corrected chi connectivity index (χ4v) is 3.59. The number of hydrogen-bond acceptors (Lipinski definition) is 4. The minimum Gasteiger partial charge on any atom is -0.497 e. The van der Waals surface area contributed by atoms with Gasteiger partial charge < -0.3 is 10.1 Å². The van der Waals surface area contributed by atoms with E-state index < -0.39 is 10.0 Å². The maximum atomic E-state index is 12.1. The van der Waals surface area contributed by atoms with Crippen molar-refractivity contribution in [2.45, 2.75) is 18.6 Å². The molecule has 2 rings (SSSR count). The van der Waals surface area contributed by atoms with Crippen molar-refractivity contribution in [1.29, 1.82) is 0 Å². The maximum Gasteiger partial charge on any atom is 0.215 e. The Morgan fingerprint density at radius 1 is 1.45 bits per heavy atom. The summed E-state index contributed by atoms with van der Waals surface area (Å²) in [5, 5.41) is 3.28. The van der Waals surface area contributed by atoms with E-state index in [2.05, 4.69) is 10.0 Å². The van der Waals surface area contributed by atoms with Crippen molar-refractivity contribution < 1.29 is 13.2 Å². The Morgan fingerprint density at radius 2 is 2.30 bits per heavy atom. The van der Waals surface area contributed by atoms with Gasteiger partial charge >= 0.3 is 0 Å². The van der Waals surface area contributed by atoms with Gasteiger partial charge in [-0.2, -0.15) is 0 Å². The van der Waals surface area contributed by atoms with E-state index in [0.29, 0.717) is 18.2 Å². The van der Waals surface area contributed by atoms with Crippen molar-refractivity contribution in [3.05, 3.63) is 29.8 Å². The highest BCUT2D eigenvalue weighted by molar-refractivity contribution is 7.88. The van der Waals surface area contributed by atoms with Crippen LogP contribution in [0.5, 0.6) is 5.75 Å². The molecule has 0 aromatic heterocycles. The van der Waals surface area contributed by atoms with Crippen LogP contribution < -0.4 is 14.8 Å². The molecule has 1 aromatic rings. The molecule has 1 aliphatic rings. The zero-order chi connectivity index (χ0) is 14.4. The molecular weight excluding hydrogens is 276 g/mol. The number of methoxy groups -OCH3 is 1. The molecule has 1 saturated heterocycles. The molecule has 0 aliphatic carbocycles. The van der Waals surface area contributed by atoms with Crippen LogP contribution in [0.2, 0.25) is 0 Å². The van der Waals surface area contributed by atoms with Gasteiger partial charge in [-0.1, -0.05) is 12.1 Å². The minimum atomic E-state index is -3.29. The summed E-state index contributed by atoms with van der Waals surface area (Å²) < 4.78 is 31.9. The molecule has 0 radical (unpaired) electrons. The van der Waals surface area contributed by atoms with Crippen LogP contribution in [0.3, 0.4) is 0 Å². The van der Waals surface area contributed by atoms with Crippen LogP contribution in [0.1, 0.15) is 18.4 Å². The molecule has 0 spiro atoms. The zero-order valence-corrected chi connectivity index (χ0v) is 12.6. The third kappa shape index (κ3) is 4.77. The van der Waals surface area contributed by atoms with E-state index >= 15 is 0 Å². The molecule has 1 aliphatic heterocycles. The Morgan fingerprint density at radius 3 is 3.00 bits per heavy atom. The highest BCUT2D eigenvalue weighted by Crippen LogP contribution is 2.15. The Hall–Kier alpha value is -1.11. The molecule has 6 heteroatoms. The summed E-state index contributed by atoms with van der Waals surface area (Å²) in [7, 11) is -1.72. The van der Waals surface area contributed by atoms with Crippen LogP contribution in [-0.2, 0) is 15.8 Å². The fourth-order valence-electron chi connectivity index (χ4n) is 2.38. The largest absolute Gasteiger partial charge is 0.497 e. The Balaban J connectivity index is 1.89. The molecule has 1 heterocycles. The minimum absolute atomic E-state index is 0.00957. The molecule has 1 atom stereocenters. The normalized spacial score (nSPS) is 19.8. The first-order valence-electron chi connectivity index (χ1n) is 6.90. The smallest absolute Gasteiger partial charge is 0.215 e. The molecule has 1 aromatic carbocycles. The number of sulfonamides is 1. The third-order valence-electron chi connectivity index (χ3n) is 3.48. The van der Waals surface area contributed by atoms with Gasteiger partial charge in [0.25, 0.3) is 0 Å². The molecule has 1 unspecified atom stereocenters. The second-order valence-corrected chi connectivity index (χ2v) is 6.98. The topological polar surface area (TPSA) is 67.4 Å². The van der Waals surface area contributed by atoms with Gasteiger partial charge in [-0.3, -0.25) is 0 Å². The first-order chi connectivity index (χ1) is 9.59. The highest BCUT2D eigenvalue weighted by Gasteiger charge is 2.17. The van der Waals surface area contributed by atoms with E-state index in [1.807, 2.05) is 0 Å². The highest BCUT2D eigenvalue weighted by atomic mass is 32.2. The molecule has 1 fully saturated rings. The van der Waals surface area contributed by atoms with Gasteiger partial charge in [0.05, 0.1) is 12.9 Å². The summed E-state index contributed by atoms with van der Waals surface area (Å²) >= 11 is 0. The summed E-state index contributed by atoms with van der Waals surface area (Å²) in [5.41, 5.74) is 0.735. The number of ether oxygens (including phenoxy) is 1. The summed E-state index contributed by atoms with van der Waals surface area (Å²) in [4.78, 5) is 0. The van der Waals surface area contributed by atoms with Crippen LogP contribution in [-0.4, -0.2) is 35.2 Å². The van der Waals surface area contributed by atoms with Crippen LogP contribution in [0.15, 0.2) is 24.3 Å². The van der Waals surface area contributed by atoms with E-state index in [9.17, 15) is 8.42 Å². The summed E-state index contributed by atoms with van der Waals surface area (Å²) in [6, 6.07) is 7.15. The second-order valence-electron chi connectivity index (χ2n) is 5.17. The number of piperidine rings is 1. The Bertz CT molecular complexity index is 525. The fraction of sp³-hybridized carbons (Fsp3) is 0.571. The van der Waals surface area contributed by atoms with Crippen LogP contribution in [0, 0.1) is 5.92 Å². The molecule has 0 bridgehead atoms. The monoisotopic (exact) mass is 298 g/mol. The van der Waals surface area contributed by atoms with Crippen LogP contribution in [0.25, 0.3) is 0 Å². The molecule has 20 heavy (non-hydrogen) atoms. The van der Waals surface area contributed by atoms with Crippen molar-refractivity contribution >= 4 is 10.0 Å². The lowest BCUT2D eigenvalue weighted by Crippen LogP contribution is -2.38. The molecule has 0 amide bonds. The average molecular weight is 298 g/mol. The van der Waals surface area contributed by atoms with Gasteiger partial charge in [0, 0.05) is 6.54 Å². The number of benzene rings is 1. The number of rotatable bonds is 6. The van der Waals surface area contributed by atoms with Gasteiger partial charge in [0.15, 0.2) is 0 Å². The molecule has 2 N–H and O–H groups in total. The number of hydrogen-bond donors (Lipinski definition) is 2. The lowest BCUT2D eigenvalue weighted by atomic mass is 10.0. The Kier molecular flexibility index (Phi) is 5.39. The van der Waals surface area contributed by atoms with Crippen LogP contribution in [0.4, 0.5) is 0 Å². The van der Waals surface area contributed by atoms with E-state index in [-0.39, 0.29) is 5.75 Å². The predicted molar refractivity (Wildman–Crippen MR) is 79.2 cm³/mol. The summed E-state index contributed by atoms with van der Waals surface area (Å²) in [5.74, 6) is 1.06. The Labute approximate surface area is 120 Å². The quantitative estimate of drug-likeness (QED) is 0.826. The lowest BCUT2D eigenvalue weighted by Gasteiger charge is -2.22. The lowest BCUT2D eigenvalue weighted by molar-refractivity contribution is 0.376. The van der Waals surface area contributed by atoms with E-state index in [1.165, 1.54) is 0 Å². The average Bonchev–Trinajstić information content (AvgIpc) is 2.46. The van der Waals surface area contributed by atoms with Gasteiger partial charge in [0.2, 0.25) is 10.0 Å². The van der Waals surface area contributed by atoms with E-state index in [4.69, 9.17) is 4.74 Å². The van der Waals surface area contributed by atoms with Gasteiger partial charge in [-0.25, -0.2) is 13.1 Å². The molecular formula is C14H22N2O3S. The molecule has 5 nitrogen and oxygen atoms in total. The maximum absolute atomic E-state index is 12.1. The van der Waals surface area contributed by atoms with E-state index in [1.54, 1.807) is 31.4 Å². The van der Waals surface area contributed by atoms with Gasteiger partial charge in [-0.05, 0) is 49.5 Å². The molecule has 112 valence electrons. The van der Waals surface area contributed by atoms with Crippen molar-refractivity contribution in [3.8, 4) is 5.75 Å². The predicted octanol–water partition coefficient (Wildman–Crippen LogP) is 1.11. The zero-order valence-electron chi connectivity index (χ0n) is 11.8. The summed E-state index contributed by atoms with van der Waals surface area (Å²) in [6.45, 7) is 2.44. The first kappa shape index (κ1) is 15.3. The second kappa shape index (κ2) is 7.06. The SMILES string of the molecule is COc1cccc(CS(=O)(=O)NCC2CCCNC2)c1. The van der Waals surface area contributed by atoms with E-state index in [0.717, 1.165) is 31.5 Å². The first-order valence-corrected chi connectivity index (χ1v) is 8.55. The molecule has 0 saturated carbocycles. The van der Waals surface area contributed by atoms with Crippen LogP contribution >= 0.6 is 0 Å². The number of nitrogens with one attached hydrogen (secondary N) is 2. The third-order valence-corrected chi connectivity index (χ3v) is 4.80.